The van der Waals surface area contributed by atoms with Crippen LogP contribution in [-0.2, 0) is 9.47 Å². The molecule has 0 bridgehead atoms. The smallest absolute Gasteiger partial charge is 0.163 e. The van der Waals surface area contributed by atoms with Crippen LogP contribution in [0.4, 0.5) is 0 Å². The molecule has 1 aromatic rings. The summed E-state index contributed by atoms with van der Waals surface area (Å²) in [5.74, 6) is 5.23. The third kappa shape index (κ3) is 4.07. The second kappa shape index (κ2) is 4.97. The molecule has 2 rings (SSSR count). The molecule has 1 fully saturated rings. The van der Waals surface area contributed by atoms with E-state index in [1.807, 2.05) is 38.1 Å². The van der Waals surface area contributed by atoms with Crippen molar-refractivity contribution in [2.45, 2.75) is 45.2 Å². The number of rotatable bonds is 1. The number of hydrogen-bond acceptors (Lipinski definition) is 3. The first-order valence-corrected chi connectivity index (χ1v) is 6.42. The van der Waals surface area contributed by atoms with Crippen molar-refractivity contribution in [3.05, 3.63) is 35.4 Å². The van der Waals surface area contributed by atoms with E-state index in [0.29, 0.717) is 6.61 Å². The van der Waals surface area contributed by atoms with Crippen molar-refractivity contribution in [1.29, 1.82) is 0 Å². The second-order valence-electron chi connectivity index (χ2n) is 5.75. The van der Waals surface area contributed by atoms with Gasteiger partial charge < -0.3 is 14.6 Å². The van der Waals surface area contributed by atoms with E-state index in [4.69, 9.17) is 9.47 Å². The molecule has 0 saturated carbocycles. The van der Waals surface area contributed by atoms with Crippen molar-refractivity contribution in [1.82, 2.24) is 0 Å². The summed E-state index contributed by atoms with van der Waals surface area (Å²) < 4.78 is 11.3. The molecule has 0 unspecified atom stereocenters. The zero-order valence-corrected chi connectivity index (χ0v) is 11.9. The highest BCUT2D eigenvalue weighted by Crippen LogP contribution is 2.32. The molecular formula is C16H20O3. The lowest BCUT2D eigenvalue weighted by Crippen LogP contribution is -2.19. The highest BCUT2D eigenvalue weighted by molar-refractivity contribution is 5.38. The lowest BCUT2D eigenvalue weighted by Gasteiger charge is -2.17. The fourth-order valence-corrected chi connectivity index (χ4v) is 1.86. The van der Waals surface area contributed by atoms with E-state index < -0.39 is 11.4 Å². The summed E-state index contributed by atoms with van der Waals surface area (Å²) >= 11 is 0. The Kier molecular flexibility index (Phi) is 3.69. The molecular weight excluding hydrogens is 240 g/mol. The molecule has 0 aromatic heterocycles. The van der Waals surface area contributed by atoms with E-state index in [0.717, 1.165) is 11.1 Å². The number of aliphatic hydroxyl groups is 1. The molecule has 0 amide bonds. The summed E-state index contributed by atoms with van der Waals surface area (Å²) in [6.45, 7) is 7.73. The van der Waals surface area contributed by atoms with E-state index in [2.05, 4.69) is 11.8 Å². The second-order valence-corrected chi connectivity index (χ2v) is 5.75. The molecule has 1 aliphatic heterocycles. The fourth-order valence-electron chi connectivity index (χ4n) is 1.86. The van der Waals surface area contributed by atoms with Gasteiger partial charge in [-0.3, -0.25) is 0 Å². The predicted octanol–water partition coefficient (Wildman–Crippen LogP) is 2.63. The largest absolute Gasteiger partial charge is 0.378 e. The van der Waals surface area contributed by atoms with Gasteiger partial charge in [0.05, 0.1) is 6.61 Å². The van der Waals surface area contributed by atoms with Crippen LogP contribution in [0.3, 0.4) is 0 Å². The standard InChI is InChI=1S/C16H20O3/c1-15(2,17)10-9-12-5-7-13(8-6-12)14-11-18-16(3,4)19-14/h5-8,14,17H,11H2,1-4H3/t14-/m1/s1. The van der Waals surface area contributed by atoms with Crippen LogP contribution in [-0.4, -0.2) is 23.1 Å². The van der Waals surface area contributed by atoms with Crippen molar-refractivity contribution in [2.24, 2.45) is 0 Å². The van der Waals surface area contributed by atoms with Gasteiger partial charge in [-0.2, -0.15) is 0 Å². The lowest BCUT2D eigenvalue weighted by molar-refractivity contribution is -0.139. The Morgan fingerprint density at radius 2 is 1.89 bits per heavy atom. The van der Waals surface area contributed by atoms with Gasteiger partial charge >= 0.3 is 0 Å². The molecule has 1 N–H and O–H groups in total. The molecule has 1 heterocycles. The quantitative estimate of drug-likeness (QED) is 0.789. The van der Waals surface area contributed by atoms with Crippen LogP contribution < -0.4 is 0 Å². The van der Waals surface area contributed by atoms with Crippen LogP contribution >= 0.6 is 0 Å². The van der Waals surface area contributed by atoms with Crippen molar-refractivity contribution in [3.63, 3.8) is 0 Å². The average Bonchev–Trinajstić information content (AvgIpc) is 2.67. The van der Waals surface area contributed by atoms with Gasteiger partial charge in [0.1, 0.15) is 11.7 Å². The molecule has 0 aliphatic carbocycles. The monoisotopic (exact) mass is 260 g/mol. The summed E-state index contributed by atoms with van der Waals surface area (Å²) in [6.07, 6.45) is -0.0220. The summed E-state index contributed by atoms with van der Waals surface area (Å²) in [5, 5.41) is 9.55. The Balaban J connectivity index is 2.09. The molecule has 102 valence electrons. The summed E-state index contributed by atoms with van der Waals surface area (Å²) in [6, 6.07) is 7.85. The SMILES string of the molecule is CC(C)(O)C#Cc1ccc([C@H]2COC(C)(C)O2)cc1. The van der Waals surface area contributed by atoms with Gasteiger partial charge in [0.25, 0.3) is 0 Å². The van der Waals surface area contributed by atoms with Crippen LogP contribution in [0.1, 0.15) is 44.9 Å². The van der Waals surface area contributed by atoms with Crippen LogP contribution in [0.2, 0.25) is 0 Å². The van der Waals surface area contributed by atoms with Crippen molar-refractivity contribution < 1.29 is 14.6 Å². The minimum atomic E-state index is -0.967. The molecule has 3 nitrogen and oxygen atoms in total. The minimum absolute atomic E-state index is 0.0220. The molecule has 0 radical (unpaired) electrons. The fraction of sp³-hybridized carbons (Fsp3) is 0.500. The molecule has 1 saturated heterocycles. The van der Waals surface area contributed by atoms with E-state index in [1.54, 1.807) is 13.8 Å². The van der Waals surface area contributed by atoms with Crippen molar-refractivity contribution in [2.75, 3.05) is 6.61 Å². The van der Waals surface area contributed by atoms with Crippen LogP contribution in [0, 0.1) is 11.8 Å². The molecule has 19 heavy (non-hydrogen) atoms. The maximum Gasteiger partial charge on any atom is 0.163 e. The van der Waals surface area contributed by atoms with Gasteiger partial charge in [-0.1, -0.05) is 24.0 Å². The lowest BCUT2D eigenvalue weighted by atomic mass is 10.1. The maximum absolute atomic E-state index is 9.55. The molecule has 1 aromatic carbocycles. The molecule has 1 aliphatic rings. The average molecular weight is 260 g/mol. The number of hydrogen-bond donors (Lipinski definition) is 1. The first-order chi connectivity index (χ1) is 8.75. The van der Waals surface area contributed by atoms with Crippen LogP contribution in [0.5, 0.6) is 0 Å². The van der Waals surface area contributed by atoms with E-state index in [9.17, 15) is 5.11 Å². The van der Waals surface area contributed by atoms with Gasteiger partial charge in [-0.15, -0.1) is 0 Å². The van der Waals surface area contributed by atoms with E-state index >= 15 is 0 Å². The summed E-state index contributed by atoms with van der Waals surface area (Å²) in [4.78, 5) is 0. The Hall–Kier alpha value is -1.34. The van der Waals surface area contributed by atoms with Gasteiger partial charge in [-0.25, -0.2) is 0 Å². The first-order valence-electron chi connectivity index (χ1n) is 6.42. The van der Waals surface area contributed by atoms with Crippen molar-refractivity contribution >= 4 is 0 Å². The Morgan fingerprint density at radius 1 is 1.26 bits per heavy atom. The third-order valence-corrected chi connectivity index (χ3v) is 2.80. The highest BCUT2D eigenvalue weighted by atomic mass is 16.7. The molecule has 0 spiro atoms. The van der Waals surface area contributed by atoms with Gasteiger partial charge in [0.15, 0.2) is 5.79 Å². The minimum Gasteiger partial charge on any atom is -0.378 e. The van der Waals surface area contributed by atoms with Gasteiger partial charge in [0, 0.05) is 5.56 Å². The highest BCUT2D eigenvalue weighted by Gasteiger charge is 2.33. The molecule has 3 heteroatoms. The van der Waals surface area contributed by atoms with Gasteiger partial charge in [0.2, 0.25) is 0 Å². The zero-order chi connectivity index (χ0) is 14.1. The third-order valence-electron chi connectivity index (χ3n) is 2.80. The van der Waals surface area contributed by atoms with Gasteiger partial charge in [-0.05, 0) is 45.4 Å². The molecule has 1 atom stereocenters. The predicted molar refractivity (Wildman–Crippen MR) is 73.5 cm³/mol. The van der Waals surface area contributed by atoms with Crippen molar-refractivity contribution in [3.8, 4) is 11.8 Å². The summed E-state index contributed by atoms with van der Waals surface area (Å²) in [7, 11) is 0. The zero-order valence-electron chi connectivity index (χ0n) is 11.9. The van der Waals surface area contributed by atoms with E-state index in [1.165, 1.54) is 0 Å². The normalized spacial score (nSPS) is 21.8. The Bertz CT molecular complexity index is 498. The topological polar surface area (TPSA) is 38.7 Å². The maximum atomic E-state index is 9.55. The van der Waals surface area contributed by atoms with Crippen LogP contribution in [0.15, 0.2) is 24.3 Å². The first kappa shape index (κ1) is 14.1. The summed E-state index contributed by atoms with van der Waals surface area (Å²) in [5.41, 5.74) is 0.994. The van der Waals surface area contributed by atoms with E-state index in [-0.39, 0.29) is 6.10 Å². The number of ether oxygens (including phenoxy) is 2. The number of benzene rings is 1. The Labute approximate surface area is 114 Å². The Morgan fingerprint density at radius 3 is 2.37 bits per heavy atom. The van der Waals surface area contributed by atoms with Crippen LogP contribution in [0.25, 0.3) is 0 Å².